The molecular formula is C18H19F3N4O2. The average Bonchev–Trinajstić information content (AvgIpc) is 3.13. The molecule has 0 radical (unpaired) electrons. The normalized spacial score (nSPS) is 24.9. The number of nitriles is 1. The third-order valence-electron chi connectivity index (χ3n) is 5.33. The van der Waals surface area contributed by atoms with Crippen molar-refractivity contribution in [2.24, 2.45) is 17.9 Å². The molecule has 1 aromatic heterocycles. The van der Waals surface area contributed by atoms with Crippen molar-refractivity contribution in [3.63, 3.8) is 0 Å². The Morgan fingerprint density at radius 3 is 2.63 bits per heavy atom. The summed E-state index contributed by atoms with van der Waals surface area (Å²) in [6.45, 7) is 3.91. The third-order valence-corrected chi connectivity index (χ3v) is 5.33. The minimum absolute atomic E-state index is 0.0536. The largest absolute Gasteiger partial charge is 0.433 e. The molecule has 0 saturated carbocycles. The van der Waals surface area contributed by atoms with Crippen LogP contribution in [0, 0.1) is 22.2 Å². The first kappa shape index (κ1) is 19.1. The molecule has 1 spiro atoms. The number of nitrogens with zero attached hydrogens (tertiary/aromatic N) is 4. The van der Waals surface area contributed by atoms with Crippen LogP contribution in [0.1, 0.15) is 42.7 Å². The Kier molecular flexibility index (Phi) is 4.21. The Labute approximate surface area is 154 Å². The molecule has 0 bridgehead atoms. The number of carbonyl (C=O) groups excluding carboxylic acids is 2. The van der Waals surface area contributed by atoms with Crippen LogP contribution in [0.5, 0.6) is 0 Å². The quantitative estimate of drug-likeness (QED) is 0.750. The van der Waals surface area contributed by atoms with Gasteiger partial charge in [0, 0.05) is 31.0 Å². The summed E-state index contributed by atoms with van der Waals surface area (Å²) in [5.41, 5.74) is -2.86. The van der Waals surface area contributed by atoms with Gasteiger partial charge in [-0.3, -0.25) is 14.3 Å². The molecule has 6 nitrogen and oxygen atoms in total. The highest BCUT2D eigenvalue weighted by Crippen LogP contribution is 2.48. The third kappa shape index (κ3) is 3.13. The van der Waals surface area contributed by atoms with E-state index in [9.17, 15) is 28.0 Å². The number of Topliss-reactive ketones (excluding diaryl/α,β-unsaturated/α-hetero) is 1. The van der Waals surface area contributed by atoms with Crippen LogP contribution >= 0.6 is 0 Å². The number of halogens is 3. The number of hydrogen-bond acceptors (Lipinski definition) is 4. The summed E-state index contributed by atoms with van der Waals surface area (Å²) in [6, 6.07) is 1.91. The molecule has 1 atom stereocenters. The SMILES string of the molecule is Cn1ncc(C(=O)N2CC[C@@]3(C=C(C#N)C(=O)C(C)(C)C3)C2)c1C(F)(F)F. The van der Waals surface area contributed by atoms with Crippen molar-refractivity contribution in [3.8, 4) is 6.07 Å². The van der Waals surface area contributed by atoms with Gasteiger partial charge in [0.25, 0.3) is 5.91 Å². The molecule has 0 N–H and O–H groups in total. The second-order valence-electron chi connectivity index (χ2n) is 7.93. The van der Waals surface area contributed by atoms with Crippen molar-refractivity contribution < 1.29 is 22.8 Å². The molecule has 0 unspecified atom stereocenters. The Morgan fingerprint density at radius 1 is 1.37 bits per heavy atom. The maximum atomic E-state index is 13.3. The van der Waals surface area contributed by atoms with Crippen molar-refractivity contribution in [3.05, 3.63) is 29.1 Å². The van der Waals surface area contributed by atoms with Crippen LogP contribution in [-0.2, 0) is 18.0 Å². The predicted octanol–water partition coefficient (Wildman–Crippen LogP) is 2.72. The highest BCUT2D eigenvalue weighted by atomic mass is 19.4. The Balaban J connectivity index is 1.92. The van der Waals surface area contributed by atoms with Crippen LogP contribution in [-0.4, -0.2) is 39.5 Å². The molecule has 1 aliphatic heterocycles. The van der Waals surface area contributed by atoms with Crippen LogP contribution in [0.2, 0.25) is 0 Å². The maximum absolute atomic E-state index is 13.3. The van der Waals surface area contributed by atoms with E-state index in [0.29, 0.717) is 17.5 Å². The second-order valence-corrected chi connectivity index (χ2v) is 7.93. The molecule has 1 aliphatic carbocycles. The number of carbonyl (C=O) groups is 2. The van der Waals surface area contributed by atoms with Gasteiger partial charge in [-0.05, 0) is 12.8 Å². The molecule has 1 amide bonds. The minimum Gasteiger partial charge on any atom is -0.338 e. The lowest BCUT2D eigenvalue weighted by Crippen LogP contribution is -2.41. The standard InChI is InChI=1S/C18H19F3N4O2/c1-16(2)9-17(6-11(7-22)14(16)26)4-5-25(10-17)15(27)12-8-23-24(3)13(12)18(19,20)21/h6,8H,4-5,9-10H2,1-3H3/t17-/m0/s1. The summed E-state index contributed by atoms with van der Waals surface area (Å²) >= 11 is 0. The number of allylic oxidation sites excluding steroid dienone is 1. The van der Waals surface area contributed by atoms with Crippen molar-refractivity contribution in [1.82, 2.24) is 14.7 Å². The summed E-state index contributed by atoms with van der Waals surface area (Å²) in [5, 5.41) is 12.9. The van der Waals surface area contributed by atoms with Crippen LogP contribution in [0.4, 0.5) is 13.2 Å². The molecule has 1 aromatic rings. The first-order valence-electron chi connectivity index (χ1n) is 8.46. The summed E-state index contributed by atoms with van der Waals surface area (Å²) < 4.78 is 40.4. The molecule has 2 heterocycles. The van der Waals surface area contributed by atoms with Gasteiger partial charge >= 0.3 is 6.18 Å². The van der Waals surface area contributed by atoms with Gasteiger partial charge < -0.3 is 4.90 Å². The molecule has 3 rings (SSSR count). The van der Waals surface area contributed by atoms with Gasteiger partial charge in [0.2, 0.25) is 0 Å². The lowest BCUT2D eigenvalue weighted by Gasteiger charge is -2.38. The fourth-order valence-electron chi connectivity index (χ4n) is 4.26. The van der Waals surface area contributed by atoms with Crippen molar-refractivity contribution in [1.29, 1.82) is 5.26 Å². The highest BCUT2D eigenvalue weighted by molar-refractivity contribution is 6.04. The van der Waals surface area contributed by atoms with Crippen molar-refractivity contribution in [2.75, 3.05) is 13.1 Å². The number of ketones is 1. The minimum atomic E-state index is -4.69. The topological polar surface area (TPSA) is 79.0 Å². The molecule has 2 aliphatic rings. The number of aromatic nitrogens is 2. The molecular weight excluding hydrogens is 361 g/mol. The molecule has 27 heavy (non-hydrogen) atoms. The van der Waals surface area contributed by atoms with Gasteiger partial charge in [-0.15, -0.1) is 0 Å². The number of alkyl halides is 3. The van der Waals surface area contributed by atoms with Gasteiger partial charge in [-0.25, -0.2) is 0 Å². The second kappa shape index (κ2) is 5.94. The Hall–Kier alpha value is -2.63. The van der Waals surface area contributed by atoms with Gasteiger partial charge in [-0.2, -0.15) is 23.5 Å². The van der Waals surface area contributed by atoms with E-state index in [1.165, 1.54) is 4.90 Å². The average molecular weight is 380 g/mol. The number of likely N-dealkylation sites (tertiary alicyclic amines) is 1. The molecule has 1 fully saturated rings. The van der Waals surface area contributed by atoms with Crippen LogP contribution in [0.3, 0.4) is 0 Å². The van der Waals surface area contributed by atoms with E-state index in [1.54, 1.807) is 19.9 Å². The lowest BCUT2D eigenvalue weighted by molar-refractivity contribution is -0.144. The van der Waals surface area contributed by atoms with Crippen molar-refractivity contribution in [2.45, 2.75) is 32.9 Å². The van der Waals surface area contributed by atoms with Crippen molar-refractivity contribution >= 4 is 11.7 Å². The first-order chi connectivity index (χ1) is 12.4. The van der Waals surface area contributed by atoms with E-state index in [0.717, 1.165) is 13.2 Å². The van der Waals surface area contributed by atoms with Crippen LogP contribution < -0.4 is 0 Å². The number of hydrogen-bond donors (Lipinski definition) is 0. The molecule has 144 valence electrons. The fraction of sp³-hybridized carbons (Fsp3) is 0.556. The van der Waals surface area contributed by atoms with E-state index in [-0.39, 0.29) is 24.4 Å². The highest BCUT2D eigenvalue weighted by Gasteiger charge is 2.50. The predicted molar refractivity (Wildman–Crippen MR) is 88.3 cm³/mol. The van der Waals surface area contributed by atoms with Gasteiger partial charge in [0.1, 0.15) is 6.07 Å². The van der Waals surface area contributed by atoms with Gasteiger partial charge in [0.05, 0.1) is 17.3 Å². The molecule has 0 aromatic carbocycles. The number of amides is 1. The van der Waals surface area contributed by atoms with Crippen LogP contribution in [0.15, 0.2) is 17.8 Å². The van der Waals surface area contributed by atoms with E-state index < -0.39 is 34.2 Å². The Morgan fingerprint density at radius 2 is 2.04 bits per heavy atom. The van der Waals surface area contributed by atoms with E-state index in [2.05, 4.69) is 5.10 Å². The van der Waals surface area contributed by atoms with Gasteiger partial charge in [0.15, 0.2) is 11.5 Å². The summed E-state index contributed by atoms with van der Waals surface area (Å²) in [7, 11) is 1.14. The lowest BCUT2D eigenvalue weighted by atomic mass is 9.64. The molecule has 1 saturated heterocycles. The Bertz CT molecular complexity index is 891. The van der Waals surface area contributed by atoms with E-state index in [4.69, 9.17) is 0 Å². The maximum Gasteiger partial charge on any atom is 0.433 e. The summed E-state index contributed by atoms with van der Waals surface area (Å²) in [4.78, 5) is 26.4. The van der Waals surface area contributed by atoms with E-state index in [1.807, 2.05) is 6.07 Å². The zero-order valence-electron chi connectivity index (χ0n) is 15.2. The molecule has 9 heteroatoms. The smallest absolute Gasteiger partial charge is 0.338 e. The van der Waals surface area contributed by atoms with Gasteiger partial charge in [-0.1, -0.05) is 19.9 Å². The first-order valence-corrected chi connectivity index (χ1v) is 8.46. The number of rotatable bonds is 1. The number of aryl methyl sites for hydroxylation is 1. The summed E-state index contributed by atoms with van der Waals surface area (Å²) in [5.74, 6) is -0.985. The van der Waals surface area contributed by atoms with Crippen LogP contribution in [0.25, 0.3) is 0 Å². The monoisotopic (exact) mass is 380 g/mol. The summed E-state index contributed by atoms with van der Waals surface area (Å²) in [6.07, 6.45) is -1.24. The zero-order valence-corrected chi connectivity index (χ0v) is 15.2. The fourth-order valence-corrected chi connectivity index (χ4v) is 4.26. The zero-order chi connectivity index (χ0) is 20.2. The van der Waals surface area contributed by atoms with E-state index >= 15 is 0 Å².